The van der Waals surface area contributed by atoms with E-state index < -0.39 is 0 Å². The van der Waals surface area contributed by atoms with Crippen LogP contribution in [0, 0.1) is 5.92 Å². The molecule has 1 fully saturated rings. The van der Waals surface area contributed by atoms with Crippen LogP contribution in [-0.2, 0) is 6.42 Å². The summed E-state index contributed by atoms with van der Waals surface area (Å²) < 4.78 is 3.92. The lowest BCUT2D eigenvalue weighted by molar-refractivity contribution is 0.0948. The van der Waals surface area contributed by atoms with Crippen LogP contribution in [0.2, 0.25) is 0 Å². The van der Waals surface area contributed by atoms with Crippen molar-refractivity contribution in [2.45, 2.75) is 32.6 Å². The number of aromatic nitrogens is 3. The second-order valence-corrected chi connectivity index (χ2v) is 6.88. The minimum absolute atomic E-state index is 0.0272. The number of carbonyl (C=O) groups is 1. The SMILES string of the molecule is CCCc1nnsc1C(=O)NCC1CCN(c2ccccn2)CC1. The molecule has 0 spiro atoms. The molecule has 1 aliphatic rings. The smallest absolute Gasteiger partial charge is 0.264 e. The predicted octanol–water partition coefficient (Wildman–Crippen LogP) is 2.53. The first-order valence-electron chi connectivity index (χ1n) is 8.53. The highest BCUT2D eigenvalue weighted by atomic mass is 32.1. The van der Waals surface area contributed by atoms with Crippen molar-refractivity contribution in [1.29, 1.82) is 0 Å². The third kappa shape index (κ3) is 4.08. The van der Waals surface area contributed by atoms with E-state index in [2.05, 4.69) is 31.7 Å². The van der Waals surface area contributed by atoms with Gasteiger partial charge in [-0.3, -0.25) is 4.79 Å². The van der Waals surface area contributed by atoms with Crippen LogP contribution in [0.25, 0.3) is 0 Å². The Bertz CT molecular complexity index is 652. The van der Waals surface area contributed by atoms with Crippen molar-refractivity contribution >= 4 is 23.3 Å². The van der Waals surface area contributed by atoms with Gasteiger partial charge in [0, 0.05) is 25.8 Å². The van der Waals surface area contributed by atoms with E-state index in [1.165, 1.54) is 11.5 Å². The van der Waals surface area contributed by atoms with E-state index in [1.807, 2.05) is 24.4 Å². The number of carbonyl (C=O) groups excluding carboxylic acids is 1. The highest BCUT2D eigenvalue weighted by Gasteiger charge is 2.22. The molecule has 0 radical (unpaired) electrons. The molecule has 1 saturated heterocycles. The normalized spacial score (nSPS) is 15.5. The fraction of sp³-hybridized carbons (Fsp3) is 0.529. The summed E-state index contributed by atoms with van der Waals surface area (Å²) in [7, 11) is 0. The minimum atomic E-state index is -0.0272. The van der Waals surface area contributed by atoms with E-state index in [1.54, 1.807) is 0 Å². The van der Waals surface area contributed by atoms with Crippen molar-refractivity contribution in [3.63, 3.8) is 0 Å². The van der Waals surface area contributed by atoms with Gasteiger partial charge in [0.2, 0.25) is 0 Å². The van der Waals surface area contributed by atoms with Crippen LogP contribution in [0.1, 0.15) is 41.6 Å². The monoisotopic (exact) mass is 345 g/mol. The number of amides is 1. The number of nitrogens with one attached hydrogen (secondary N) is 1. The van der Waals surface area contributed by atoms with Crippen LogP contribution in [0.15, 0.2) is 24.4 Å². The van der Waals surface area contributed by atoms with Crippen molar-refractivity contribution < 1.29 is 4.79 Å². The maximum Gasteiger partial charge on any atom is 0.264 e. The van der Waals surface area contributed by atoms with Crippen LogP contribution in [0.5, 0.6) is 0 Å². The van der Waals surface area contributed by atoms with Gasteiger partial charge in [0.1, 0.15) is 10.7 Å². The van der Waals surface area contributed by atoms with Crippen LogP contribution >= 0.6 is 11.5 Å². The number of piperidine rings is 1. The van der Waals surface area contributed by atoms with Crippen molar-refractivity contribution in [2.24, 2.45) is 5.92 Å². The quantitative estimate of drug-likeness (QED) is 0.871. The molecule has 24 heavy (non-hydrogen) atoms. The summed E-state index contributed by atoms with van der Waals surface area (Å²) in [6.45, 7) is 4.77. The third-order valence-corrected chi connectivity index (χ3v) is 5.15. The Morgan fingerprint density at radius 3 is 2.92 bits per heavy atom. The lowest BCUT2D eigenvalue weighted by atomic mass is 9.96. The Morgan fingerprint density at radius 1 is 1.38 bits per heavy atom. The van der Waals surface area contributed by atoms with Gasteiger partial charge in [-0.1, -0.05) is 23.9 Å². The number of anilines is 1. The molecule has 2 aromatic rings. The molecule has 3 rings (SSSR count). The minimum Gasteiger partial charge on any atom is -0.357 e. The molecule has 0 saturated carbocycles. The van der Waals surface area contributed by atoms with Gasteiger partial charge >= 0.3 is 0 Å². The highest BCUT2D eigenvalue weighted by molar-refractivity contribution is 7.08. The van der Waals surface area contributed by atoms with Gasteiger partial charge in [0.15, 0.2) is 0 Å². The highest BCUT2D eigenvalue weighted by Crippen LogP contribution is 2.21. The Hall–Kier alpha value is -2.02. The molecule has 3 heterocycles. The van der Waals surface area contributed by atoms with Gasteiger partial charge in [-0.05, 0) is 48.8 Å². The van der Waals surface area contributed by atoms with Gasteiger partial charge in [0.25, 0.3) is 5.91 Å². The molecule has 7 heteroatoms. The van der Waals surface area contributed by atoms with Crippen LogP contribution in [0.3, 0.4) is 0 Å². The van der Waals surface area contributed by atoms with Gasteiger partial charge in [-0.25, -0.2) is 4.98 Å². The summed E-state index contributed by atoms with van der Waals surface area (Å²) in [4.78, 5) is 19.7. The van der Waals surface area contributed by atoms with Crippen LogP contribution < -0.4 is 10.2 Å². The summed E-state index contributed by atoms with van der Waals surface area (Å²) >= 11 is 1.19. The molecular weight excluding hydrogens is 322 g/mol. The van der Waals surface area contributed by atoms with E-state index >= 15 is 0 Å². The first-order valence-corrected chi connectivity index (χ1v) is 9.30. The summed E-state index contributed by atoms with van der Waals surface area (Å²) in [5.41, 5.74) is 0.824. The molecular formula is C17H23N5OS. The topological polar surface area (TPSA) is 71.0 Å². The number of nitrogens with zero attached hydrogens (tertiary/aromatic N) is 4. The summed E-state index contributed by atoms with van der Waals surface area (Å²) in [5.74, 6) is 1.53. The fourth-order valence-corrected chi connectivity index (χ4v) is 3.63. The fourth-order valence-electron chi connectivity index (χ4n) is 3.01. The second-order valence-electron chi connectivity index (χ2n) is 6.13. The molecule has 0 unspecified atom stereocenters. The molecule has 1 aliphatic heterocycles. The molecule has 0 atom stereocenters. The summed E-state index contributed by atoms with van der Waals surface area (Å²) in [6, 6.07) is 6.01. The number of hydrogen-bond acceptors (Lipinski definition) is 6. The number of aryl methyl sites for hydroxylation is 1. The van der Waals surface area contributed by atoms with E-state index in [0.29, 0.717) is 10.8 Å². The Labute approximate surface area is 146 Å². The second kappa shape index (κ2) is 8.19. The van der Waals surface area contributed by atoms with Crippen LogP contribution in [0.4, 0.5) is 5.82 Å². The third-order valence-electron chi connectivity index (χ3n) is 4.39. The van der Waals surface area contributed by atoms with E-state index in [0.717, 1.165) is 56.8 Å². The lowest BCUT2D eigenvalue weighted by Crippen LogP contribution is -2.39. The van der Waals surface area contributed by atoms with Crippen LogP contribution in [-0.4, -0.2) is 40.1 Å². The lowest BCUT2D eigenvalue weighted by Gasteiger charge is -2.32. The molecule has 2 aromatic heterocycles. The maximum atomic E-state index is 12.3. The molecule has 0 bridgehead atoms. The molecule has 128 valence electrons. The molecule has 1 amide bonds. The molecule has 0 aliphatic carbocycles. The van der Waals surface area contributed by atoms with Crippen molar-refractivity contribution in [2.75, 3.05) is 24.5 Å². The number of hydrogen-bond donors (Lipinski definition) is 1. The van der Waals surface area contributed by atoms with E-state index in [-0.39, 0.29) is 5.91 Å². The first-order chi connectivity index (χ1) is 11.8. The Balaban J connectivity index is 1.46. The Kier molecular flexibility index (Phi) is 5.74. The zero-order chi connectivity index (χ0) is 16.8. The van der Waals surface area contributed by atoms with Gasteiger partial charge in [-0.2, -0.15) is 0 Å². The van der Waals surface area contributed by atoms with Crippen molar-refractivity contribution in [1.82, 2.24) is 19.9 Å². The average Bonchev–Trinajstić information content (AvgIpc) is 3.10. The predicted molar refractivity (Wildman–Crippen MR) is 95.4 cm³/mol. The van der Waals surface area contributed by atoms with Crippen molar-refractivity contribution in [3.8, 4) is 0 Å². The molecule has 6 nitrogen and oxygen atoms in total. The van der Waals surface area contributed by atoms with Gasteiger partial charge in [-0.15, -0.1) is 5.10 Å². The zero-order valence-electron chi connectivity index (χ0n) is 13.9. The largest absolute Gasteiger partial charge is 0.357 e. The molecule has 1 N–H and O–H groups in total. The Morgan fingerprint density at radius 2 is 2.21 bits per heavy atom. The molecule has 0 aromatic carbocycles. The summed E-state index contributed by atoms with van der Waals surface area (Å²) in [6.07, 6.45) is 5.75. The number of rotatable bonds is 6. The zero-order valence-corrected chi connectivity index (χ0v) is 14.8. The average molecular weight is 345 g/mol. The standard InChI is InChI=1S/C17H23N5OS/c1-2-5-14-16(24-21-20-14)17(23)19-12-13-7-10-22(11-8-13)15-6-3-4-9-18-15/h3-4,6,9,13H,2,5,7-8,10-12H2,1H3,(H,19,23). The summed E-state index contributed by atoms with van der Waals surface area (Å²) in [5, 5.41) is 7.12. The maximum absolute atomic E-state index is 12.3. The van der Waals surface area contributed by atoms with Gasteiger partial charge in [0.05, 0.1) is 5.69 Å². The van der Waals surface area contributed by atoms with E-state index in [4.69, 9.17) is 0 Å². The van der Waals surface area contributed by atoms with E-state index in [9.17, 15) is 4.79 Å². The number of pyridine rings is 1. The van der Waals surface area contributed by atoms with Gasteiger partial charge < -0.3 is 10.2 Å². The van der Waals surface area contributed by atoms with Crippen molar-refractivity contribution in [3.05, 3.63) is 35.0 Å². The first kappa shape index (κ1) is 16.8.